The van der Waals surface area contributed by atoms with Crippen molar-refractivity contribution in [1.29, 1.82) is 0 Å². The van der Waals surface area contributed by atoms with E-state index in [1.54, 1.807) is 0 Å². The van der Waals surface area contributed by atoms with Crippen LogP contribution in [0.5, 0.6) is 0 Å². The van der Waals surface area contributed by atoms with Crippen LogP contribution in [0.1, 0.15) is 73.1 Å². The lowest BCUT2D eigenvalue weighted by atomic mass is 9.44. The number of ether oxygens (including phenoxy) is 2. The molecule has 3 fully saturated rings. The molecule has 1 saturated heterocycles. The summed E-state index contributed by atoms with van der Waals surface area (Å²) in [5.74, 6) is 1.43. The monoisotopic (exact) mass is 411 g/mol. The standard InChI is InChI=1S/C23H38ClNO3/c1-7-21(4)11-8-17-22(5)12-10-18(27-19(26)25-15-14-24)20(2,3)16(22)9-13-23(17,6)28-21/h7,16-18H,1,8-15H2,2-6H3,(H,25,26)/t16?,17-,18+,21-,22+,23-/m0/s1. The number of alkyl carbamates (subject to hydrolysis) is 1. The Labute approximate surface area is 175 Å². The van der Waals surface area contributed by atoms with Gasteiger partial charge in [0.2, 0.25) is 0 Å². The lowest BCUT2D eigenvalue weighted by Gasteiger charge is -2.66. The number of hydrogen-bond acceptors (Lipinski definition) is 3. The molecule has 1 aliphatic heterocycles. The predicted octanol–water partition coefficient (Wildman–Crippen LogP) is 5.69. The van der Waals surface area contributed by atoms with E-state index in [0.29, 0.717) is 24.3 Å². The molecule has 0 radical (unpaired) electrons. The molecule has 160 valence electrons. The molecule has 0 spiro atoms. The zero-order chi connectivity index (χ0) is 20.8. The minimum absolute atomic E-state index is 0.0618. The average Bonchev–Trinajstić information content (AvgIpc) is 2.61. The van der Waals surface area contributed by atoms with Gasteiger partial charge in [0.1, 0.15) is 6.10 Å². The minimum atomic E-state index is -0.342. The largest absolute Gasteiger partial charge is 0.446 e. The number of amides is 1. The maximum absolute atomic E-state index is 12.2. The minimum Gasteiger partial charge on any atom is -0.446 e. The summed E-state index contributed by atoms with van der Waals surface area (Å²) in [5.41, 5.74) is -0.185. The van der Waals surface area contributed by atoms with Crippen LogP contribution in [0, 0.1) is 22.7 Å². The van der Waals surface area contributed by atoms with E-state index < -0.39 is 0 Å². The quantitative estimate of drug-likeness (QED) is 0.477. The lowest BCUT2D eigenvalue weighted by Crippen LogP contribution is -2.64. The summed E-state index contributed by atoms with van der Waals surface area (Å²) in [5, 5.41) is 2.74. The fourth-order valence-electron chi connectivity index (χ4n) is 6.93. The number of alkyl halides is 1. The highest BCUT2D eigenvalue weighted by atomic mass is 35.5. The average molecular weight is 412 g/mol. The first kappa shape index (κ1) is 22.0. The van der Waals surface area contributed by atoms with Crippen LogP contribution in [-0.4, -0.2) is 35.8 Å². The van der Waals surface area contributed by atoms with E-state index in [2.05, 4.69) is 46.5 Å². The van der Waals surface area contributed by atoms with Crippen LogP contribution in [-0.2, 0) is 9.47 Å². The third-order valence-electron chi connectivity index (χ3n) is 8.37. The van der Waals surface area contributed by atoms with Crippen LogP contribution in [0.2, 0.25) is 0 Å². The first-order valence-corrected chi connectivity index (χ1v) is 11.4. The molecule has 0 aromatic heterocycles. The number of fused-ring (bicyclic) bond motifs is 3. The van der Waals surface area contributed by atoms with Crippen LogP contribution in [0.4, 0.5) is 4.79 Å². The lowest BCUT2D eigenvalue weighted by molar-refractivity contribution is -0.261. The maximum atomic E-state index is 12.2. The Morgan fingerprint density at radius 2 is 1.82 bits per heavy atom. The molecule has 0 aromatic carbocycles. The fourth-order valence-corrected chi connectivity index (χ4v) is 7.03. The van der Waals surface area contributed by atoms with Gasteiger partial charge in [-0.1, -0.05) is 26.8 Å². The Morgan fingerprint density at radius 3 is 2.46 bits per heavy atom. The van der Waals surface area contributed by atoms with E-state index in [0.717, 1.165) is 32.1 Å². The molecule has 4 nitrogen and oxygen atoms in total. The Balaban J connectivity index is 1.80. The summed E-state index contributed by atoms with van der Waals surface area (Å²) in [6, 6.07) is 0. The van der Waals surface area contributed by atoms with E-state index in [4.69, 9.17) is 21.1 Å². The molecule has 3 rings (SSSR count). The molecule has 2 aliphatic carbocycles. The highest BCUT2D eigenvalue weighted by molar-refractivity contribution is 6.18. The van der Waals surface area contributed by atoms with Crippen LogP contribution in [0.25, 0.3) is 0 Å². The van der Waals surface area contributed by atoms with Crippen molar-refractivity contribution in [3.63, 3.8) is 0 Å². The van der Waals surface area contributed by atoms with Gasteiger partial charge in [0, 0.05) is 17.8 Å². The highest BCUT2D eigenvalue weighted by Crippen LogP contribution is 2.65. The molecular weight excluding hydrogens is 374 g/mol. The number of hydrogen-bond donors (Lipinski definition) is 1. The van der Waals surface area contributed by atoms with Gasteiger partial charge in [0.15, 0.2) is 0 Å². The molecule has 1 unspecified atom stereocenters. The van der Waals surface area contributed by atoms with Crippen LogP contribution in [0.3, 0.4) is 0 Å². The summed E-state index contributed by atoms with van der Waals surface area (Å²) >= 11 is 5.67. The molecule has 3 aliphatic rings. The molecule has 0 bridgehead atoms. The molecular formula is C23H38ClNO3. The third kappa shape index (κ3) is 3.60. The predicted molar refractivity (Wildman–Crippen MR) is 114 cm³/mol. The second-order valence-electron chi connectivity index (χ2n) is 10.5. The van der Waals surface area contributed by atoms with Crippen LogP contribution < -0.4 is 5.32 Å². The van der Waals surface area contributed by atoms with Crippen molar-refractivity contribution < 1.29 is 14.3 Å². The van der Waals surface area contributed by atoms with Gasteiger partial charge in [-0.05, 0) is 69.6 Å². The van der Waals surface area contributed by atoms with E-state index in [1.807, 2.05) is 6.08 Å². The van der Waals surface area contributed by atoms with E-state index >= 15 is 0 Å². The molecule has 0 aromatic rings. The number of rotatable bonds is 4. The fraction of sp³-hybridized carbons (Fsp3) is 0.870. The van der Waals surface area contributed by atoms with Gasteiger partial charge in [-0.15, -0.1) is 18.2 Å². The molecule has 1 amide bonds. The van der Waals surface area contributed by atoms with Crippen molar-refractivity contribution in [1.82, 2.24) is 5.32 Å². The summed E-state index contributed by atoms with van der Waals surface area (Å²) in [6.07, 6.45) is 7.91. The first-order chi connectivity index (χ1) is 13.0. The number of nitrogens with one attached hydrogen (secondary N) is 1. The number of halogens is 1. The highest BCUT2D eigenvalue weighted by Gasteiger charge is 2.63. The third-order valence-corrected chi connectivity index (χ3v) is 8.56. The Hall–Kier alpha value is -0.740. The SMILES string of the molecule is C=C[C@@]1(C)CC[C@@H]2[C@](C)(CCC3C(C)(C)[C@H](OC(=O)NCCCl)CC[C@]32C)O1. The topological polar surface area (TPSA) is 47.6 Å². The second kappa shape index (κ2) is 7.50. The van der Waals surface area contributed by atoms with E-state index in [1.165, 1.54) is 6.42 Å². The summed E-state index contributed by atoms with van der Waals surface area (Å²) in [6.45, 7) is 16.0. The maximum Gasteiger partial charge on any atom is 0.407 e. The van der Waals surface area contributed by atoms with Crippen molar-refractivity contribution >= 4 is 17.7 Å². The second-order valence-corrected chi connectivity index (χ2v) is 10.9. The zero-order valence-electron chi connectivity index (χ0n) is 18.3. The van der Waals surface area contributed by atoms with Gasteiger partial charge >= 0.3 is 6.09 Å². The van der Waals surface area contributed by atoms with Gasteiger partial charge in [-0.2, -0.15) is 0 Å². The van der Waals surface area contributed by atoms with Gasteiger partial charge in [0.05, 0.1) is 11.2 Å². The number of carbonyl (C=O) groups is 1. The van der Waals surface area contributed by atoms with Gasteiger partial charge in [-0.25, -0.2) is 4.79 Å². The Morgan fingerprint density at radius 1 is 1.14 bits per heavy atom. The molecule has 28 heavy (non-hydrogen) atoms. The van der Waals surface area contributed by atoms with E-state index in [9.17, 15) is 4.79 Å². The van der Waals surface area contributed by atoms with Crippen molar-refractivity contribution in [3.8, 4) is 0 Å². The van der Waals surface area contributed by atoms with Gasteiger partial charge < -0.3 is 14.8 Å². The molecule has 5 heteroatoms. The van der Waals surface area contributed by atoms with Crippen LogP contribution in [0.15, 0.2) is 12.7 Å². The van der Waals surface area contributed by atoms with Crippen LogP contribution >= 0.6 is 11.6 Å². The smallest absolute Gasteiger partial charge is 0.407 e. The molecule has 2 saturated carbocycles. The van der Waals surface area contributed by atoms with E-state index in [-0.39, 0.29) is 34.2 Å². The number of carbonyl (C=O) groups excluding carboxylic acids is 1. The first-order valence-electron chi connectivity index (χ1n) is 10.8. The summed E-state index contributed by atoms with van der Waals surface area (Å²) in [4.78, 5) is 12.2. The van der Waals surface area contributed by atoms with Crippen molar-refractivity contribution in [2.75, 3.05) is 12.4 Å². The van der Waals surface area contributed by atoms with Gasteiger partial charge in [0.25, 0.3) is 0 Å². The molecule has 1 heterocycles. The zero-order valence-corrected chi connectivity index (χ0v) is 19.0. The molecule has 6 atom stereocenters. The van der Waals surface area contributed by atoms with Crippen molar-refractivity contribution in [2.45, 2.75) is 90.4 Å². The van der Waals surface area contributed by atoms with Crippen molar-refractivity contribution in [3.05, 3.63) is 12.7 Å². The normalized spacial score (nSPS) is 44.7. The summed E-state index contributed by atoms with van der Waals surface area (Å²) in [7, 11) is 0. The molecule has 1 N–H and O–H groups in total. The van der Waals surface area contributed by atoms with Gasteiger partial charge in [-0.3, -0.25) is 0 Å². The Kier molecular flexibility index (Phi) is 5.88. The summed E-state index contributed by atoms with van der Waals surface area (Å²) < 4.78 is 12.6. The Bertz CT molecular complexity index is 623. The van der Waals surface area contributed by atoms with Crippen molar-refractivity contribution in [2.24, 2.45) is 22.7 Å².